The number of nitrogens with one attached hydrogen (secondary N) is 1. The highest BCUT2D eigenvalue weighted by atomic mass is 79.9. The van der Waals surface area contributed by atoms with E-state index in [9.17, 15) is 0 Å². The normalized spacial score (nSPS) is 12.6. The molecule has 1 heterocycles. The summed E-state index contributed by atoms with van der Waals surface area (Å²) in [7, 11) is 0. The van der Waals surface area contributed by atoms with Gasteiger partial charge in [0.25, 0.3) is 0 Å². The maximum Gasteiger partial charge on any atom is 0.0940 e. The first-order chi connectivity index (χ1) is 8.65. The number of hydrogen-bond donors (Lipinski definition) is 1. The van der Waals surface area contributed by atoms with Crippen LogP contribution in [0.5, 0.6) is 0 Å². The fraction of sp³-hybridized carbons (Fsp3) is 0.357. The lowest BCUT2D eigenvalue weighted by Crippen LogP contribution is -2.21. The first-order valence-corrected chi connectivity index (χ1v) is 7.72. The Kier molecular flexibility index (Phi) is 4.92. The van der Waals surface area contributed by atoms with Gasteiger partial charge in [-0.15, -0.1) is 11.3 Å². The van der Waals surface area contributed by atoms with Crippen LogP contribution in [-0.4, -0.2) is 11.5 Å². The number of halogens is 1. The Balaban J connectivity index is 1.81. The molecule has 0 radical (unpaired) electrons. The molecule has 2 nitrogen and oxygen atoms in total. The lowest BCUT2D eigenvalue weighted by molar-refractivity contribution is 0.576. The molecule has 0 amide bonds. The Morgan fingerprint density at radius 2 is 2.06 bits per heavy atom. The minimum Gasteiger partial charge on any atom is -0.310 e. The Labute approximate surface area is 121 Å². The van der Waals surface area contributed by atoms with Gasteiger partial charge in [0.05, 0.1) is 5.01 Å². The Morgan fingerprint density at radius 1 is 1.33 bits per heavy atom. The molecule has 1 aromatic heterocycles. The maximum atomic E-state index is 4.46. The van der Waals surface area contributed by atoms with E-state index in [1.165, 1.54) is 10.6 Å². The Hall–Kier alpha value is -0.710. The van der Waals surface area contributed by atoms with Crippen molar-refractivity contribution in [2.75, 3.05) is 6.54 Å². The number of thiazole rings is 1. The first kappa shape index (κ1) is 13.7. The van der Waals surface area contributed by atoms with Crippen molar-refractivity contribution in [3.8, 4) is 0 Å². The van der Waals surface area contributed by atoms with E-state index in [1.54, 1.807) is 11.3 Å². The van der Waals surface area contributed by atoms with Crippen molar-refractivity contribution in [1.82, 2.24) is 10.3 Å². The number of nitrogens with zero attached hydrogens (tertiary/aromatic N) is 1. The van der Waals surface area contributed by atoms with Crippen molar-refractivity contribution >= 4 is 27.3 Å². The molecule has 0 fully saturated rings. The van der Waals surface area contributed by atoms with Crippen LogP contribution in [-0.2, 0) is 6.42 Å². The first-order valence-electron chi connectivity index (χ1n) is 6.05. The highest BCUT2D eigenvalue weighted by molar-refractivity contribution is 9.10. The summed E-state index contributed by atoms with van der Waals surface area (Å²) in [4.78, 5) is 4.46. The van der Waals surface area contributed by atoms with Crippen molar-refractivity contribution in [2.45, 2.75) is 26.3 Å². The van der Waals surface area contributed by atoms with Gasteiger partial charge in [0, 0.05) is 34.6 Å². The fourth-order valence-corrected chi connectivity index (χ4v) is 2.82. The van der Waals surface area contributed by atoms with Gasteiger partial charge in [-0.1, -0.05) is 28.1 Å². The molecule has 0 bridgehead atoms. The molecule has 1 N–H and O–H groups in total. The third-order valence-corrected chi connectivity index (χ3v) is 4.38. The SMILES string of the molecule is Cc1csc(CCNC(C)c2ccc(Br)cc2)n1. The molecular weight excluding hydrogens is 308 g/mol. The Bertz CT molecular complexity index is 493. The third-order valence-electron chi connectivity index (χ3n) is 2.83. The van der Waals surface area contributed by atoms with Crippen LogP contribution < -0.4 is 5.32 Å². The van der Waals surface area contributed by atoms with Gasteiger partial charge in [-0.25, -0.2) is 4.98 Å². The monoisotopic (exact) mass is 324 g/mol. The summed E-state index contributed by atoms with van der Waals surface area (Å²) in [6.07, 6.45) is 0.999. The third kappa shape index (κ3) is 3.90. The summed E-state index contributed by atoms with van der Waals surface area (Å²) in [5.41, 5.74) is 2.43. The molecule has 1 aromatic carbocycles. The van der Waals surface area contributed by atoms with Crippen LogP contribution in [0, 0.1) is 6.92 Å². The number of aryl methyl sites for hydroxylation is 1. The van der Waals surface area contributed by atoms with Crippen LogP contribution >= 0.6 is 27.3 Å². The van der Waals surface area contributed by atoms with E-state index in [1.807, 2.05) is 6.92 Å². The van der Waals surface area contributed by atoms with Crippen LogP contribution in [0.1, 0.15) is 29.2 Å². The molecule has 0 aliphatic rings. The smallest absolute Gasteiger partial charge is 0.0940 e. The summed E-state index contributed by atoms with van der Waals surface area (Å²) in [5, 5.41) is 6.84. The van der Waals surface area contributed by atoms with Crippen LogP contribution in [0.4, 0.5) is 0 Å². The van der Waals surface area contributed by atoms with E-state index < -0.39 is 0 Å². The second-order valence-corrected chi connectivity index (χ2v) is 6.22. The maximum absolute atomic E-state index is 4.46. The van der Waals surface area contributed by atoms with Crippen LogP contribution in [0.15, 0.2) is 34.1 Å². The molecule has 2 aromatic rings. The molecule has 0 aliphatic heterocycles. The quantitative estimate of drug-likeness (QED) is 0.895. The molecular formula is C14H17BrN2S. The summed E-state index contributed by atoms with van der Waals surface area (Å²) in [6, 6.07) is 8.83. The largest absolute Gasteiger partial charge is 0.310 e. The lowest BCUT2D eigenvalue weighted by Gasteiger charge is -2.13. The second-order valence-electron chi connectivity index (χ2n) is 4.36. The molecule has 2 rings (SSSR count). The van der Waals surface area contributed by atoms with Crippen LogP contribution in [0.2, 0.25) is 0 Å². The number of aromatic nitrogens is 1. The second kappa shape index (κ2) is 6.45. The van der Waals surface area contributed by atoms with Crippen molar-refractivity contribution in [2.24, 2.45) is 0 Å². The van der Waals surface area contributed by atoms with Crippen molar-refractivity contribution in [3.63, 3.8) is 0 Å². The van der Waals surface area contributed by atoms with Crippen LogP contribution in [0.25, 0.3) is 0 Å². The number of benzene rings is 1. The molecule has 0 saturated carbocycles. The summed E-state index contributed by atoms with van der Waals surface area (Å²) >= 11 is 5.19. The van der Waals surface area contributed by atoms with Crippen molar-refractivity contribution in [3.05, 3.63) is 50.4 Å². The average Bonchev–Trinajstić information content (AvgIpc) is 2.76. The zero-order chi connectivity index (χ0) is 13.0. The summed E-state index contributed by atoms with van der Waals surface area (Å²) in [6.45, 7) is 5.19. The van der Waals surface area contributed by atoms with E-state index in [2.05, 4.69) is 62.8 Å². The van der Waals surface area contributed by atoms with E-state index >= 15 is 0 Å². The van der Waals surface area contributed by atoms with E-state index in [4.69, 9.17) is 0 Å². The summed E-state index contributed by atoms with van der Waals surface area (Å²) in [5.74, 6) is 0. The van der Waals surface area contributed by atoms with Gasteiger partial charge in [0.2, 0.25) is 0 Å². The molecule has 1 atom stereocenters. The van der Waals surface area contributed by atoms with Crippen LogP contribution in [0.3, 0.4) is 0 Å². The van der Waals surface area contributed by atoms with E-state index in [0.717, 1.165) is 23.1 Å². The predicted octanol–water partition coefficient (Wildman–Crippen LogP) is 4.11. The Morgan fingerprint density at radius 3 is 2.67 bits per heavy atom. The van der Waals surface area contributed by atoms with Gasteiger partial charge in [0.1, 0.15) is 0 Å². The van der Waals surface area contributed by atoms with Crippen molar-refractivity contribution < 1.29 is 0 Å². The highest BCUT2D eigenvalue weighted by Gasteiger charge is 2.05. The van der Waals surface area contributed by atoms with E-state index in [0.29, 0.717) is 6.04 Å². The van der Waals surface area contributed by atoms with Gasteiger partial charge < -0.3 is 5.32 Å². The molecule has 0 aliphatic carbocycles. The molecule has 1 unspecified atom stereocenters. The van der Waals surface area contributed by atoms with Gasteiger partial charge in [-0.05, 0) is 31.5 Å². The zero-order valence-corrected chi connectivity index (χ0v) is 13.0. The minimum absolute atomic E-state index is 0.374. The molecule has 18 heavy (non-hydrogen) atoms. The van der Waals surface area contributed by atoms with Crippen molar-refractivity contribution in [1.29, 1.82) is 0 Å². The molecule has 4 heteroatoms. The standard InChI is InChI=1S/C14H17BrN2S/c1-10-9-18-14(17-10)7-8-16-11(2)12-3-5-13(15)6-4-12/h3-6,9,11,16H,7-8H2,1-2H3. The topological polar surface area (TPSA) is 24.9 Å². The fourth-order valence-electron chi connectivity index (χ4n) is 1.78. The molecule has 0 spiro atoms. The number of hydrogen-bond acceptors (Lipinski definition) is 3. The lowest BCUT2D eigenvalue weighted by atomic mass is 10.1. The molecule has 0 saturated heterocycles. The minimum atomic E-state index is 0.374. The van der Waals surface area contributed by atoms with E-state index in [-0.39, 0.29) is 0 Å². The summed E-state index contributed by atoms with van der Waals surface area (Å²) < 4.78 is 1.12. The molecule has 96 valence electrons. The van der Waals surface area contributed by atoms with Gasteiger partial charge in [-0.3, -0.25) is 0 Å². The van der Waals surface area contributed by atoms with Gasteiger partial charge >= 0.3 is 0 Å². The average molecular weight is 325 g/mol. The van der Waals surface area contributed by atoms with Gasteiger partial charge in [0.15, 0.2) is 0 Å². The highest BCUT2D eigenvalue weighted by Crippen LogP contribution is 2.16. The predicted molar refractivity (Wildman–Crippen MR) is 81.1 cm³/mol. The zero-order valence-electron chi connectivity index (χ0n) is 10.6. The number of rotatable bonds is 5. The van der Waals surface area contributed by atoms with Gasteiger partial charge in [-0.2, -0.15) is 0 Å².